The molecule has 0 fully saturated rings. The number of nitrogens with zero attached hydrogens (tertiary/aromatic N) is 1. The summed E-state index contributed by atoms with van der Waals surface area (Å²) >= 11 is 3.30. The van der Waals surface area contributed by atoms with Crippen LogP contribution in [0.1, 0.15) is 28.4 Å². The zero-order valence-corrected chi connectivity index (χ0v) is 18.6. The zero-order valence-electron chi connectivity index (χ0n) is 17.0. The Bertz CT molecular complexity index is 1040. The Morgan fingerprint density at radius 3 is 2.45 bits per heavy atom. The first kappa shape index (κ1) is 22.8. The predicted octanol–water partition coefficient (Wildman–Crippen LogP) is 5.38. The normalized spacial score (nSPS) is 11.8. The summed E-state index contributed by atoms with van der Waals surface area (Å²) in [6.45, 7) is 2.20. The van der Waals surface area contributed by atoms with Crippen LogP contribution in [0.5, 0.6) is 5.75 Å². The SMILES string of the molecule is COC[C@H](C)Oc1cc(Cc2cc(F)cc(F)c2)cc(C(=O)Nc2ccc(Br)cn2)c1. The number of amides is 1. The van der Waals surface area contributed by atoms with E-state index in [1.807, 2.05) is 6.92 Å². The number of rotatable bonds is 8. The number of ether oxygens (including phenoxy) is 2. The maximum atomic E-state index is 13.6. The lowest BCUT2D eigenvalue weighted by Crippen LogP contribution is -2.19. The molecule has 3 aromatic rings. The zero-order chi connectivity index (χ0) is 22.4. The van der Waals surface area contributed by atoms with Crippen LogP contribution >= 0.6 is 15.9 Å². The summed E-state index contributed by atoms with van der Waals surface area (Å²) in [6, 6.07) is 11.8. The van der Waals surface area contributed by atoms with Crippen molar-refractivity contribution < 1.29 is 23.0 Å². The van der Waals surface area contributed by atoms with E-state index in [0.717, 1.165) is 10.5 Å². The number of pyridine rings is 1. The Balaban J connectivity index is 1.89. The first-order valence-corrected chi connectivity index (χ1v) is 10.3. The molecule has 0 unspecified atom stereocenters. The van der Waals surface area contributed by atoms with Crippen molar-refractivity contribution in [1.82, 2.24) is 4.98 Å². The van der Waals surface area contributed by atoms with E-state index in [4.69, 9.17) is 9.47 Å². The number of methoxy groups -OCH3 is 1. The van der Waals surface area contributed by atoms with Gasteiger partial charge in [-0.2, -0.15) is 0 Å². The number of benzene rings is 2. The van der Waals surface area contributed by atoms with Gasteiger partial charge in [-0.1, -0.05) is 0 Å². The molecule has 162 valence electrons. The third kappa shape index (κ3) is 6.83. The molecule has 8 heteroatoms. The van der Waals surface area contributed by atoms with Crippen LogP contribution < -0.4 is 10.1 Å². The van der Waals surface area contributed by atoms with Crippen LogP contribution in [0.4, 0.5) is 14.6 Å². The minimum atomic E-state index is -0.657. The predicted molar refractivity (Wildman–Crippen MR) is 117 cm³/mol. The van der Waals surface area contributed by atoms with Gasteiger partial charge in [0.1, 0.15) is 29.3 Å². The fourth-order valence-corrected chi connectivity index (χ4v) is 3.28. The smallest absolute Gasteiger partial charge is 0.256 e. The highest BCUT2D eigenvalue weighted by molar-refractivity contribution is 9.10. The van der Waals surface area contributed by atoms with Gasteiger partial charge in [0.2, 0.25) is 0 Å². The second-order valence-electron chi connectivity index (χ2n) is 7.02. The minimum Gasteiger partial charge on any atom is -0.488 e. The summed E-state index contributed by atoms with van der Waals surface area (Å²) in [6.07, 6.45) is 1.54. The summed E-state index contributed by atoms with van der Waals surface area (Å²) in [4.78, 5) is 17.0. The maximum absolute atomic E-state index is 13.6. The molecule has 1 heterocycles. The van der Waals surface area contributed by atoms with Crippen molar-refractivity contribution in [2.24, 2.45) is 0 Å². The molecular formula is C23H21BrF2N2O3. The number of hydrogen-bond donors (Lipinski definition) is 1. The molecule has 3 rings (SSSR count). The molecule has 2 aromatic carbocycles. The molecule has 1 aromatic heterocycles. The molecule has 0 aliphatic rings. The highest BCUT2D eigenvalue weighted by Crippen LogP contribution is 2.23. The van der Waals surface area contributed by atoms with E-state index in [1.165, 1.54) is 12.1 Å². The van der Waals surface area contributed by atoms with Gasteiger partial charge in [-0.05, 0) is 82.9 Å². The lowest BCUT2D eigenvalue weighted by molar-refractivity contribution is 0.0916. The number of nitrogens with one attached hydrogen (secondary N) is 1. The second-order valence-corrected chi connectivity index (χ2v) is 7.94. The summed E-state index contributed by atoms with van der Waals surface area (Å²) < 4.78 is 38.9. The van der Waals surface area contributed by atoms with Gasteiger partial charge < -0.3 is 14.8 Å². The van der Waals surface area contributed by atoms with E-state index in [0.29, 0.717) is 34.9 Å². The van der Waals surface area contributed by atoms with Gasteiger partial charge >= 0.3 is 0 Å². The Morgan fingerprint density at radius 1 is 1.10 bits per heavy atom. The maximum Gasteiger partial charge on any atom is 0.256 e. The van der Waals surface area contributed by atoms with E-state index < -0.39 is 11.6 Å². The van der Waals surface area contributed by atoms with E-state index in [-0.39, 0.29) is 18.4 Å². The van der Waals surface area contributed by atoms with Crippen LogP contribution in [0.3, 0.4) is 0 Å². The van der Waals surface area contributed by atoms with Crippen molar-refractivity contribution in [1.29, 1.82) is 0 Å². The third-order valence-electron chi connectivity index (χ3n) is 4.27. The Hall–Kier alpha value is -2.84. The summed E-state index contributed by atoms with van der Waals surface area (Å²) in [7, 11) is 1.57. The van der Waals surface area contributed by atoms with Gasteiger partial charge in [0.25, 0.3) is 5.91 Å². The van der Waals surface area contributed by atoms with Gasteiger partial charge in [-0.15, -0.1) is 0 Å². The summed E-state index contributed by atoms with van der Waals surface area (Å²) in [5, 5.41) is 2.73. The number of carbonyl (C=O) groups is 1. The van der Waals surface area contributed by atoms with Gasteiger partial charge in [0, 0.05) is 29.4 Å². The molecule has 0 saturated heterocycles. The van der Waals surface area contributed by atoms with Crippen LogP contribution in [-0.2, 0) is 11.2 Å². The molecule has 0 radical (unpaired) electrons. The van der Waals surface area contributed by atoms with Crippen LogP contribution in [0.2, 0.25) is 0 Å². The first-order valence-electron chi connectivity index (χ1n) is 9.50. The Kier molecular flexibility index (Phi) is 7.70. The van der Waals surface area contributed by atoms with E-state index in [1.54, 1.807) is 43.6 Å². The Labute approximate surface area is 187 Å². The van der Waals surface area contributed by atoms with Crippen molar-refractivity contribution in [2.45, 2.75) is 19.4 Å². The standard InChI is InChI=1S/C23H21BrF2N2O3/c1-14(13-30-2)31-21-9-15(5-16-7-19(25)11-20(26)8-16)6-17(10-21)23(29)28-22-4-3-18(24)12-27-22/h3-4,6-12,14H,5,13H2,1-2H3,(H,27,28,29)/t14-/m0/s1. The summed E-state index contributed by atoms with van der Waals surface area (Å²) in [5.74, 6) is -0.856. The first-order chi connectivity index (χ1) is 14.8. The summed E-state index contributed by atoms with van der Waals surface area (Å²) in [5.41, 5.74) is 1.44. The topological polar surface area (TPSA) is 60.5 Å². The van der Waals surface area contributed by atoms with Crippen LogP contribution in [-0.4, -0.2) is 30.7 Å². The van der Waals surface area contributed by atoms with Crippen LogP contribution in [0, 0.1) is 11.6 Å². The molecule has 0 spiro atoms. The number of hydrogen-bond acceptors (Lipinski definition) is 4. The number of carbonyl (C=O) groups excluding carboxylic acids is 1. The van der Waals surface area contributed by atoms with Gasteiger partial charge in [0.15, 0.2) is 0 Å². The van der Waals surface area contributed by atoms with Crippen molar-refractivity contribution in [2.75, 3.05) is 19.0 Å². The third-order valence-corrected chi connectivity index (χ3v) is 4.74. The molecule has 1 atom stereocenters. The molecular weight excluding hydrogens is 470 g/mol. The van der Waals surface area contributed by atoms with Gasteiger partial charge in [-0.3, -0.25) is 4.79 Å². The highest BCUT2D eigenvalue weighted by atomic mass is 79.9. The number of aromatic nitrogens is 1. The molecule has 0 saturated carbocycles. The fraction of sp³-hybridized carbons (Fsp3) is 0.217. The Morgan fingerprint density at radius 2 is 1.81 bits per heavy atom. The average Bonchev–Trinajstić information content (AvgIpc) is 2.69. The monoisotopic (exact) mass is 490 g/mol. The molecule has 0 aliphatic carbocycles. The molecule has 5 nitrogen and oxygen atoms in total. The molecule has 31 heavy (non-hydrogen) atoms. The van der Waals surface area contributed by atoms with Crippen molar-refractivity contribution >= 4 is 27.7 Å². The lowest BCUT2D eigenvalue weighted by atomic mass is 10.0. The van der Waals surface area contributed by atoms with E-state index >= 15 is 0 Å². The molecule has 0 aliphatic heterocycles. The largest absolute Gasteiger partial charge is 0.488 e. The van der Waals surface area contributed by atoms with E-state index in [9.17, 15) is 13.6 Å². The van der Waals surface area contributed by atoms with Crippen molar-refractivity contribution in [3.05, 3.63) is 87.5 Å². The van der Waals surface area contributed by atoms with Crippen LogP contribution in [0.25, 0.3) is 0 Å². The molecule has 1 amide bonds. The number of halogens is 3. The van der Waals surface area contributed by atoms with E-state index in [2.05, 4.69) is 26.2 Å². The second kappa shape index (κ2) is 10.5. The van der Waals surface area contributed by atoms with Gasteiger partial charge in [-0.25, -0.2) is 13.8 Å². The highest BCUT2D eigenvalue weighted by Gasteiger charge is 2.13. The van der Waals surface area contributed by atoms with Crippen molar-refractivity contribution in [3.8, 4) is 5.75 Å². The number of anilines is 1. The minimum absolute atomic E-state index is 0.224. The van der Waals surface area contributed by atoms with Crippen molar-refractivity contribution in [3.63, 3.8) is 0 Å². The lowest BCUT2D eigenvalue weighted by Gasteiger charge is -2.16. The quantitative estimate of drug-likeness (QED) is 0.460. The van der Waals surface area contributed by atoms with Gasteiger partial charge in [0.05, 0.1) is 6.61 Å². The fourth-order valence-electron chi connectivity index (χ4n) is 3.05. The average molecular weight is 491 g/mol. The van der Waals surface area contributed by atoms with Crippen LogP contribution in [0.15, 0.2) is 59.2 Å². The molecule has 0 bridgehead atoms. The molecule has 1 N–H and O–H groups in total.